The Labute approximate surface area is 675 Å². The molecule has 2 aliphatic heterocycles. The largest absolute Gasteiger partial charge is 0.507 e. The number of hydrogen-bond acceptors (Lipinski definition) is 15. The molecule has 0 saturated carbocycles. The highest BCUT2D eigenvalue weighted by Gasteiger charge is 2.45. The Morgan fingerprint density at radius 2 is 1.20 bits per heavy atom. The van der Waals surface area contributed by atoms with Crippen molar-refractivity contribution in [3.8, 4) is 28.1 Å². The lowest BCUT2D eigenvalue weighted by Gasteiger charge is -2.24. The van der Waals surface area contributed by atoms with E-state index in [1.54, 1.807) is 36.4 Å². The molecule has 0 saturated heterocycles. The van der Waals surface area contributed by atoms with Gasteiger partial charge in [-0.05, 0) is 210 Å². The summed E-state index contributed by atoms with van der Waals surface area (Å²) < 4.78 is 71.0. The van der Waals surface area contributed by atoms with Crippen LogP contribution < -0.4 is 42.5 Å². The zero-order valence-corrected chi connectivity index (χ0v) is 67.6. The number of H-pyrrole nitrogens is 1. The van der Waals surface area contributed by atoms with E-state index in [9.17, 15) is 79.6 Å². The lowest BCUT2D eigenvalue weighted by molar-refractivity contribution is -0.438. The second-order valence-corrected chi connectivity index (χ2v) is 33.6. The monoisotopic (exact) mass is 1630 g/mol. The highest BCUT2D eigenvalue weighted by Crippen LogP contribution is 2.48. The van der Waals surface area contributed by atoms with Gasteiger partial charge in [-0.15, -0.1) is 0 Å². The number of aliphatic carboxylic acids is 3. The molecule has 9 rings (SSSR count). The molecule has 5 aromatic carbocycles. The minimum atomic E-state index is -4.51. The number of carbonyl (C=O) groups excluding carboxylic acids is 5. The summed E-state index contributed by atoms with van der Waals surface area (Å²) in [4.78, 5) is 105. The topological polar surface area (TPSA) is 470 Å². The third-order valence-electron chi connectivity index (χ3n) is 21.5. The molecule has 620 valence electrons. The number of nitrogens with zero attached hydrogens (tertiary/aromatic N) is 2. The Hall–Kier alpha value is -11.3. The minimum absolute atomic E-state index is 0.0255. The normalized spacial score (nSPS) is 15.8. The molecule has 0 spiro atoms. The molecular weight excluding hydrogens is 1530 g/mol. The lowest BCUT2D eigenvalue weighted by atomic mass is 9.81. The number of hydrogen-bond donors (Lipinski definition) is 15. The number of allylic oxidation sites excluding steroid dienone is 8. The predicted octanol–water partition coefficient (Wildman–Crippen LogP) is 11.6. The summed E-state index contributed by atoms with van der Waals surface area (Å²) in [6.45, 7) is 9.35. The lowest BCUT2D eigenvalue weighted by Crippen LogP contribution is -2.51. The van der Waals surface area contributed by atoms with Gasteiger partial charge in [-0.1, -0.05) is 75.2 Å². The van der Waals surface area contributed by atoms with Crippen LogP contribution in [0.4, 0.5) is 16.2 Å². The van der Waals surface area contributed by atoms with Crippen LogP contribution in [0.15, 0.2) is 160 Å². The minimum Gasteiger partial charge on any atom is -0.507 e. The van der Waals surface area contributed by atoms with E-state index in [0.29, 0.717) is 94.1 Å². The molecule has 0 fully saturated rings. The maximum Gasteiger partial charge on any atom is 0.326 e. The summed E-state index contributed by atoms with van der Waals surface area (Å²) in [5.74, 6) is -5.17. The van der Waals surface area contributed by atoms with Crippen molar-refractivity contribution >= 4 is 102 Å². The SMILES string of the molecule is CN1/C(=C/C=C2C=C(/C=C/C3=[N+](CCCCCC(=O)NCCCCC(NC(=O)CCCCCCC(=O)NCCCCC(NC(=O)NC(CCC(=O)O)C(=O)O)C(=O)O)C(=O)NCc4ccc(-c5ccc(O)c(-c6cc7cc(C(=N)N)ccc7[nH]6)c5)cc4)c4ccc(S(=O)(=O)O)cc4C3(C)C)CCC/2)C(C)(C)c2cc(S(=O)(=O)O)ccc21. The van der Waals surface area contributed by atoms with Crippen LogP contribution >= 0.6 is 0 Å². The number of phenolic OH excluding ortho intramolecular Hbond substituents is 1. The quantitative estimate of drug-likeness (QED) is 0.00556. The van der Waals surface area contributed by atoms with Crippen LogP contribution in [0.1, 0.15) is 185 Å². The Bertz CT molecular complexity index is 5100. The van der Waals surface area contributed by atoms with Crippen molar-refractivity contribution in [2.75, 3.05) is 31.6 Å². The number of aromatic amines is 1. The maximum absolute atomic E-state index is 14.0. The summed E-state index contributed by atoms with van der Waals surface area (Å²) in [5.41, 5.74) is 16.9. The summed E-state index contributed by atoms with van der Waals surface area (Å²) in [7, 11) is -6.97. The number of carboxylic acids is 3. The number of aromatic hydroxyl groups is 1. The molecule has 3 unspecified atom stereocenters. The van der Waals surface area contributed by atoms with Gasteiger partial charge in [0.15, 0.2) is 5.71 Å². The van der Waals surface area contributed by atoms with E-state index in [2.05, 4.69) is 71.8 Å². The molecule has 1 aromatic heterocycles. The fraction of sp³-hybridized carbons (Fsp3) is 0.412. The average Bonchev–Trinajstić information content (AvgIpc) is 1.59. The van der Waals surface area contributed by atoms with Gasteiger partial charge in [0.1, 0.15) is 36.3 Å². The number of carbonyl (C=O) groups is 8. The Kier molecular flexibility index (Phi) is 30.5. The fourth-order valence-corrected chi connectivity index (χ4v) is 16.0. The number of carboxylic acid groups (broad SMARTS) is 3. The van der Waals surface area contributed by atoms with Gasteiger partial charge < -0.3 is 67.9 Å². The van der Waals surface area contributed by atoms with Crippen molar-refractivity contribution in [3.05, 3.63) is 173 Å². The third kappa shape index (κ3) is 24.2. The molecule has 31 heteroatoms. The fourth-order valence-electron chi connectivity index (χ4n) is 15.0. The Morgan fingerprint density at radius 1 is 0.603 bits per heavy atom. The number of amides is 6. The number of benzene rings is 5. The van der Waals surface area contributed by atoms with Crippen molar-refractivity contribution in [2.24, 2.45) is 5.73 Å². The number of nitrogens with two attached hydrogens (primary N) is 1. The van der Waals surface area contributed by atoms with Crippen molar-refractivity contribution in [1.82, 2.24) is 36.9 Å². The molecule has 3 atom stereocenters. The maximum atomic E-state index is 14.0. The molecule has 16 N–H and O–H groups in total. The second kappa shape index (κ2) is 39.8. The van der Waals surface area contributed by atoms with Gasteiger partial charge in [-0.25, -0.2) is 14.4 Å². The smallest absolute Gasteiger partial charge is 0.326 e. The van der Waals surface area contributed by atoms with Gasteiger partial charge in [-0.3, -0.25) is 38.5 Å². The number of phenols is 1. The van der Waals surface area contributed by atoms with Crippen molar-refractivity contribution in [3.63, 3.8) is 0 Å². The van der Waals surface area contributed by atoms with Crippen LogP contribution in [0.25, 0.3) is 33.3 Å². The van der Waals surface area contributed by atoms with Gasteiger partial charge in [0.05, 0.1) is 20.9 Å². The highest BCUT2D eigenvalue weighted by atomic mass is 32.2. The Balaban J connectivity index is 0.756. The highest BCUT2D eigenvalue weighted by molar-refractivity contribution is 7.86. The zero-order chi connectivity index (χ0) is 84.2. The summed E-state index contributed by atoms with van der Waals surface area (Å²) in [6.07, 6.45) is 18.9. The first-order valence-corrected chi connectivity index (χ1v) is 42.0. The van der Waals surface area contributed by atoms with Crippen molar-refractivity contribution < 1.29 is 89.3 Å². The molecule has 6 amide bonds. The molecule has 0 radical (unpaired) electrons. The zero-order valence-electron chi connectivity index (χ0n) is 66.0. The van der Waals surface area contributed by atoms with Crippen LogP contribution in [0, 0.1) is 5.41 Å². The van der Waals surface area contributed by atoms with E-state index in [0.717, 1.165) is 91.9 Å². The molecule has 6 aromatic rings. The van der Waals surface area contributed by atoms with Gasteiger partial charge in [0.25, 0.3) is 20.2 Å². The predicted molar refractivity (Wildman–Crippen MR) is 441 cm³/mol. The molecule has 3 aliphatic rings. The van der Waals surface area contributed by atoms with E-state index in [1.807, 2.05) is 82.1 Å². The van der Waals surface area contributed by atoms with Crippen molar-refractivity contribution in [2.45, 2.75) is 208 Å². The first-order chi connectivity index (χ1) is 55.0. The number of nitrogens with one attached hydrogen (secondary N) is 8. The second-order valence-electron chi connectivity index (χ2n) is 30.8. The first kappa shape index (κ1) is 88.7. The van der Waals surface area contributed by atoms with Crippen LogP contribution in [0.5, 0.6) is 5.75 Å². The van der Waals surface area contributed by atoms with Gasteiger partial charge in [0.2, 0.25) is 29.3 Å². The van der Waals surface area contributed by atoms with E-state index in [-0.39, 0.29) is 90.7 Å². The molecule has 1 aliphatic carbocycles. The van der Waals surface area contributed by atoms with Gasteiger partial charge in [-0.2, -0.15) is 21.4 Å². The van der Waals surface area contributed by atoms with E-state index < -0.39 is 91.9 Å². The first-order valence-electron chi connectivity index (χ1n) is 39.2. The average molecular weight is 1630 g/mol. The standard InChI is InChI=1S/C85H105N11O18S2/c1-84(2)63-50-60(115(109,110)111)33-37-70(63)95(5)73(84)40-27-53-18-17-19-54(46-53)28-41-74-85(3,4)64-51-61(116(112,113)114)34-38-71(64)96(74)45-16-8-11-23-76(99)88-43-14-12-20-66(80(103)90-52-55-25-29-56(30-26-55)57-32-39-72(97)62(48-57)69-49-59-47-58(79(86)87)31-35-65(59)91-69)92-77(100)24-10-7-6-9-22-75(98)89-44-15-13-21-67(81(104)105)93-83(108)94-68(82(106)107)36-42-78(101)102/h25-35,37-41,46-51,66-68H,6-24,36,42-45,52H2,1-5H3,(H15-,86,87,88,89,90,91,92,93,94,97,98,99,100,101,102,103,104,105,106,107,108,109,110,111,112,113,114)/p+1. The summed E-state index contributed by atoms with van der Waals surface area (Å²) in [6, 6.07) is 24.5. The summed E-state index contributed by atoms with van der Waals surface area (Å²) in [5, 5.41) is 63.4. The number of fused-ring (bicyclic) bond motifs is 3. The Morgan fingerprint density at radius 3 is 1.82 bits per heavy atom. The van der Waals surface area contributed by atoms with E-state index in [1.165, 1.54) is 24.3 Å². The van der Waals surface area contributed by atoms with Crippen LogP contribution in [0.2, 0.25) is 0 Å². The van der Waals surface area contributed by atoms with Gasteiger partial charge in [0, 0.05) is 115 Å². The number of anilines is 1. The van der Waals surface area contributed by atoms with Gasteiger partial charge >= 0.3 is 23.9 Å². The number of likely N-dealkylation sites (N-methyl/N-ethyl adjacent to an activating group) is 1. The molecule has 0 bridgehead atoms. The van der Waals surface area contributed by atoms with Crippen LogP contribution in [0.3, 0.4) is 0 Å². The van der Waals surface area contributed by atoms with E-state index >= 15 is 0 Å². The molecular formula is C85H106N11O18S2+. The van der Waals surface area contributed by atoms with Crippen LogP contribution in [-0.4, -0.2) is 160 Å². The number of urea groups is 1. The number of rotatable bonds is 42. The molecule has 3 heterocycles. The third-order valence-corrected chi connectivity index (χ3v) is 23.2. The molecule has 116 heavy (non-hydrogen) atoms. The van der Waals surface area contributed by atoms with Crippen molar-refractivity contribution in [1.29, 1.82) is 5.41 Å². The number of unbranched alkanes of at least 4 members (excludes halogenated alkanes) is 7. The van der Waals surface area contributed by atoms with Crippen LogP contribution in [-0.2, 0) is 71.2 Å². The van der Waals surface area contributed by atoms with E-state index in [4.69, 9.17) is 16.2 Å². The number of amidine groups is 1. The molecule has 29 nitrogen and oxygen atoms in total. The number of aromatic nitrogens is 1. The number of nitrogen functional groups attached to an aromatic ring is 1. The summed E-state index contributed by atoms with van der Waals surface area (Å²) >= 11 is 0.